The smallest absolute Gasteiger partial charge is 0.175 e. The van der Waals surface area contributed by atoms with Gasteiger partial charge in [-0.2, -0.15) is 0 Å². The molecular weight excluding hydrogens is 257 g/mol. The lowest BCUT2D eigenvalue weighted by molar-refractivity contribution is 0.102. The maximum absolute atomic E-state index is 11.2. The number of nitrogens with two attached hydrogens (primary N) is 1. The fourth-order valence-electron chi connectivity index (χ4n) is 0.906. The van der Waals surface area contributed by atoms with E-state index in [4.69, 9.17) is 17.3 Å². The number of hydrogen-bond acceptors (Lipinski definition) is 3. The van der Waals surface area contributed by atoms with E-state index < -0.39 is 0 Å². The van der Waals surface area contributed by atoms with Gasteiger partial charge < -0.3 is 10.8 Å². The maximum Gasteiger partial charge on any atom is 0.175 e. The number of carbonyl (C=O) groups excluding carboxylic acids is 1. The van der Waals surface area contributed by atoms with Gasteiger partial charge in [-0.05, 0) is 6.07 Å². The number of phenolic OH excluding ortho intramolecular Hbond substituents is 1. The number of anilines is 1. The van der Waals surface area contributed by atoms with E-state index in [-0.39, 0.29) is 27.4 Å². The van der Waals surface area contributed by atoms with Gasteiger partial charge in [0.2, 0.25) is 0 Å². The fourth-order valence-corrected chi connectivity index (χ4v) is 1.42. The van der Waals surface area contributed by atoms with Crippen LogP contribution in [0.5, 0.6) is 5.75 Å². The van der Waals surface area contributed by atoms with E-state index >= 15 is 0 Å². The van der Waals surface area contributed by atoms with E-state index in [0.717, 1.165) is 0 Å². The van der Waals surface area contributed by atoms with Gasteiger partial charge in [-0.3, -0.25) is 4.79 Å². The van der Waals surface area contributed by atoms with Gasteiger partial charge in [-0.25, -0.2) is 0 Å². The number of phenols is 1. The van der Waals surface area contributed by atoms with Crippen LogP contribution in [0.3, 0.4) is 0 Å². The topological polar surface area (TPSA) is 63.3 Å². The summed E-state index contributed by atoms with van der Waals surface area (Å²) in [7, 11) is 0. The van der Waals surface area contributed by atoms with Gasteiger partial charge in [0.25, 0.3) is 0 Å². The lowest BCUT2D eigenvalue weighted by Gasteiger charge is -2.04. The second-order valence-electron chi connectivity index (χ2n) is 2.46. The van der Waals surface area contributed by atoms with Gasteiger partial charge in [0.05, 0.1) is 10.4 Å². The molecule has 70 valence electrons. The molecule has 5 heteroatoms. The average molecular weight is 265 g/mol. The number of halogens is 2. The van der Waals surface area contributed by atoms with Gasteiger partial charge in [0, 0.05) is 17.3 Å². The van der Waals surface area contributed by atoms with Gasteiger partial charge in [-0.1, -0.05) is 27.5 Å². The molecule has 0 saturated heterocycles. The number of aromatic hydroxyl groups is 1. The van der Waals surface area contributed by atoms with Crippen molar-refractivity contribution in [2.24, 2.45) is 0 Å². The van der Waals surface area contributed by atoms with Crippen LogP contribution in [0.25, 0.3) is 0 Å². The zero-order valence-corrected chi connectivity index (χ0v) is 8.89. The summed E-state index contributed by atoms with van der Waals surface area (Å²) < 4.78 is 0. The second kappa shape index (κ2) is 3.98. The minimum absolute atomic E-state index is 0.0404. The second-order valence-corrected chi connectivity index (χ2v) is 3.40. The van der Waals surface area contributed by atoms with Crippen molar-refractivity contribution < 1.29 is 9.90 Å². The Morgan fingerprint density at radius 3 is 2.77 bits per heavy atom. The molecule has 0 amide bonds. The highest BCUT2D eigenvalue weighted by atomic mass is 79.9. The minimum atomic E-state index is -0.215. The molecule has 0 fully saturated rings. The fraction of sp³-hybridized carbons (Fsp3) is 0.125. The monoisotopic (exact) mass is 263 g/mol. The van der Waals surface area contributed by atoms with Gasteiger partial charge in [-0.15, -0.1) is 0 Å². The van der Waals surface area contributed by atoms with E-state index in [9.17, 15) is 9.90 Å². The summed E-state index contributed by atoms with van der Waals surface area (Å²) in [5.74, 6) is -0.390. The lowest BCUT2D eigenvalue weighted by Crippen LogP contribution is -2.02. The van der Waals surface area contributed by atoms with Crippen LogP contribution >= 0.6 is 27.5 Å². The first kappa shape index (κ1) is 10.3. The first-order valence-electron chi connectivity index (χ1n) is 3.43. The highest BCUT2D eigenvalue weighted by molar-refractivity contribution is 9.09. The number of ketones is 1. The molecule has 0 saturated carbocycles. The highest BCUT2D eigenvalue weighted by Crippen LogP contribution is 2.30. The molecule has 1 aromatic carbocycles. The SMILES string of the molecule is Nc1cc(O)c(Cl)c(C(=O)CBr)c1. The average Bonchev–Trinajstić information content (AvgIpc) is 2.10. The number of Topliss-reactive ketones (excluding diaryl/α,β-unsaturated/α-hetero) is 1. The molecule has 3 N–H and O–H groups in total. The molecule has 0 aromatic heterocycles. The first-order valence-corrected chi connectivity index (χ1v) is 4.93. The number of nitrogen functional groups attached to an aromatic ring is 1. The molecule has 3 nitrogen and oxygen atoms in total. The van der Waals surface area contributed by atoms with Crippen molar-refractivity contribution in [3.63, 3.8) is 0 Å². The summed E-state index contributed by atoms with van der Waals surface area (Å²) in [6, 6.07) is 2.74. The summed E-state index contributed by atoms with van der Waals surface area (Å²) in [5, 5.41) is 9.43. The zero-order valence-electron chi connectivity index (χ0n) is 6.55. The Hall–Kier alpha value is -0.740. The Kier molecular flexibility index (Phi) is 3.17. The molecule has 0 atom stereocenters. The van der Waals surface area contributed by atoms with Crippen LogP contribution in [-0.2, 0) is 0 Å². The van der Waals surface area contributed by atoms with Gasteiger partial charge >= 0.3 is 0 Å². The number of carbonyl (C=O) groups is 1. The zero-order chi connectivity index (χ0) is 10.0. The van der Waals surface area contributed by atoms with Crippen molar-refractivity contribution >= 4 is 39.0 Å². The minimum Gasteiger partial charge on any atom is -0.506 e. The normalized spacial score (nSPS) is 10.0. The largest absolute Gasteiger partial charge is 0.506 e. The van der Waals surface area contributed by atoms with Crippen LogP contribution in [0.1, 0.15) is 10.4 Å². The maximum atomic E-state index is 11.2. The third-order valence-electron chi connectivity index (χ3n) is 1.50. The molecule has 0 heterocycles. The molecule has 0 aliphatic rings. The van der Waals surface area contributed by atoms with E-state index in [2.05, 4.69) is 15.9 Å². The van der Waals surface area contributed by atoms with Gasteiger partial charge in [0.15, 0.2) is 5.78 Å². The van der Waals surface area contributed by atoms with E-state index in [1.54, 1.807) is 0 Å². The number of alkyl halides is 1. The number of hydrogen-bond donors (Lipinski definition) is 2. The number of benzene rings is 1. The molecule has 0 spiro atoms. The van der Waals surface area contributed by atoms with E-state index in [0.29, 0.717) is 5.69 Å². The predicted molar refractivity (Wildman–Crippen MR) is 55.7 cm³/mol. The Balaban J connectivity index is 3.28. The van der Waals surface area contributed by atoms with Crippen molar-refractivity contribution in [3.05, 3.63) is 22.7 Å². The Labute approximate surface area is 88.6 Å². The van der Waals surface area contributed by atoms with Crippen molar-refractivity contribution in [3.8, 4) is 5.75 Å². The lowest BCUT2D eigenvalue weighted by atomic mass is 10.1. The first-order chi connectivity index (χ1) is 6.06. The summed E-state index contributed by atoms with van der Waals surface area (Å²) in [6.07, 6.45) is 0. The number of rotatable bonds is 2. The third kappa shape index (κ3) is 2.14. The molecular formula is C8H7BrClNO2. The summed E-state index contributed by atoms with van der Waals surface area (Å²) in [6.45, 7) is 0. The van der Waals surface area contributed by atoms with Crippen molar-refractivity contribution in [2.75, 3.05) is 11.1 Å². The van der Waals surface area contributed by atoms with Crippen molar-refractivity contribution in [1.29, 1.82) is 0 Å². The molecule has 0 bridgehead atoms. The molecule has 0 unspecified atom stereocenters. The Bertz CT molecular complexity index is 354. The Morgan fingerprint density at radius 1 is 1.62 bits per heavy atom. The summed E-state index contributed by atoms with van der Waals surface area (Å²) in [5.41, 5.74) is 5.98. The van der Waals surface area contributed by atoms with Crippen LogP contribution in [0.15, 0.2) is 12.1 Å². The summed E-state index contributed by atoms with van der Waals surface area (Å²) >= 11 is 8.70. The quantitative estimate of drug-likeness (QED) is 0.489. The molecule has 13 heavy (non-hydrogen) atoms. The van der Waals surface area contributed by atoms with Crippen molar-refractivity contribution in [1.82, 2.24) is 0 Å². The van der Waals surface area contributed by atoms with Crippen LogP contribution < -0.4 is 5.73 Å². The van der Waals surface area contributed by atoms with Crippen LogP contribution in [-0.4, -0.2) is 16.2 Å². The standard InChI is InChI=1S/C8H7BrClNO2/c9-3-7(13)5-1-4(11)2-6(12)8(5)10/h1-2,12H,3,11H2. The van der Waals surface area contributed by atoms with Crippen LogP contribution in [0.2, 0.25) is 5.02 Å². The summed E-state index contributed by atoms with van der Waals surface area (Å²) in [4.78, 5) is 11.2. The predicted octanol–water partition coefficient (Wildman–Crippen LogP) is 2.21. The molecule has 1 rings (SSSR count). The van der Waals surface area contributed by atoms with Crippen LogP contribution in [0.4, 0.5) is 5.69 Å². The molecule has 0 radical (unpaired) electrons. The molecule has 0 aliphatic heterocycles. The highest BCUT2D eigenvalue weighted by Gasteiger charge is 2.13. The van der Waals surface area contributed by atoms with E-state index in [1.807, 2.05) is 0 Å². The van der Waals surface area contributed by atoms with Gasteiger partial charge in [0.1, 0.15) is 5.75 Å². The van der Waals surface area contributed by atoms with Crippen molar-refractivity contribution in [2.45, 2.75) is 0 Å². The molecule has 0 aliphatic carbocycles. The molecule has 1 aromatic rings. The third-order valence-corrected chi connectivity index (χ3v) is 2.40. The van der Waals surface area contributed by atoms with E-state index in [1.165, 1.54) is 12.1 Å². The Morgan fingerprint density at radius 2 is 2.23 bits per heavy atom. The van der Waals surface area contributed by atoms with Crippen LogP contribution in [0, 0.1) is 0 Å².